The Labute approximate surface area is 172 Å². The zero-order chi connectivity index (χ0) is 19.9. The van der Waals surface area contributed by atoms with Crippen LogP contribution in [0, 0.1) is 6.92 Å². The van der Waals surface area contributed by atoms with Gasteiger partial charge in [0.05, 0.1) is 17.9 Å². The fraction of sp³-hybridized carbons (Fsp3) is 0.0952. The minimum absolute atomic E-state index is 0.120. The molecule has 1 heterocycles. The smallest absolute Gasteiger partial charge is 0.287 e. The first kappa shape index (κ1) is 18.7. The number of hydrogen-bond donors (Lipinski definition) is 0. The van der Waals surface area contributed by atoms with Crippen molar-refractivity contribution >= 4 is 43.4 Å². The first-order valence-corrected chi connectivity index (χ1v) is 10.9. The molecule has 0 fully saturated rings. The molecule has 0 radical (unpaired) electrons. The van der Waals surface area contributed by atoms with E-state index in [9.17, 15) is 13.2 Å². The molecule has 2 amide bonds. The summed E-state index contributed by atoms with van der Waals surface area (Å²) >= 11 is 3.40. The molecule has 7 heteroatoms. The first-order valence-electron chi connectivity index (χ1n) is 8.65. The van der Waals surface area contributed by atoms with E-state index in [0.29, 0.717) is 16.9 Å². The summed E-state index contributed by atoms with van der Waals surface area (Å²) in [7, 11) is -4.00. The molecule has 0 aromatic heterocycles. The Morgan fingerprint density at radius 1 is 0.857 bits per heavy atom. The minimum Gasteiger partial charge on any atom is -0.287 e. The second-order valence-electron chi connectivity index (χ2n) is 6.52. The van der Waals surface area contributed by atoms with E-state index >= 15 is 0 Å². The monoisotopic (exact) mass is 456 g/mol. The Morgan fingerprint density at radius 2 is 1.46 bits per heavy atom. The third kappa shape index (κ3) is 3.10. The van der Waals surface area contributed by atoms with Crippen LogP contribution in [-0.2, 0) is 16.6 Å². The maximum Gasteiger partial charge on any atom is 0.343 e. The van der Waals surface area contributed by atoms with Gasteiger partial charge in [0.2, 0.25) is 0 Å². The Morgan fingerprint density at radius 3 is 2.14 bits per heavy atom. The molecular weight excluding hydrogens is 440 g/mol. The van der Waals surface area contributed by atoms with E-state index in [1.165, 1.54) is 11.0 Å². The summed E-state index contributed by atoms with van der Waals surface area (Å²) in [6, 6.07) is 20.6. The lowest BCUT2D eigenvalue weighted by molar-refractivity contribution is 0.253. The number of carbonyl (C=O) groups excluding carboxylic acids is 1. The number of halogens is 1. The highest BCUT2D eigenvalue weighted by atomic mass is 79.9. The Balaban J connectivity index is 1.88. The van der Waals surface area contributed by atoms with Gasteiger partial charge in [-0.1, -0.05) is 58.4 Å². The van der Waals surface area contributed by atoms with Gasteiger partial charge >= 0.3 is 6.03 Å². The van der Waals surface area contributed by atoms with Crippen LogP contribution >= 0.6 is 15.9 Å². The maximum absolute atomic E-state index is 13.4. The van der Waals surface area contributed by atoms with Crippen LogP contribution in [0.25, 0.3) is 0 Å². The summed E-state index contributed by atoms with van der Waals surface area (Å²) in [5, 5.41) is 0. The van der Waals surface area contributed by atoms with Crippen LogP contribution in [0.5, 0.6) is 0 Å². The van der Waals surface area contributed by atoms with Crippen molar-refractivity contribution in [3.63, 3.8) is 0 Å². The second-order valence-corrected chi connectivity index (χ2v) is 9.19. The zero-order valence-corrected chi connectivity index (χ0v) is 17.4. The SMILES string of the molecule is Cc1ccccc1N1C(=O)N(Cc2ccc(Br)cc2)c2ccccc2S1(=O)=O. The van der Waals surface area contributed by atoms with Gasteiger partial charge in [-0.15, -0.1) is 0 Å². The minimum atomic E-state index is -4.00. The number of para-hydroxylation sites is 2. The van der Waals surface area contributed by atoms with Gasteiger partial charge in [-0.3, -0.25) is 4.90 Å². The third-order valence-electron chi connectivity index (χ3n) is 4.67. The van der Waals surface area contributed by atoms with Crippen molar-refractivity contribution in [2.75, 3.05) is 9.21 Å². The molecule has 3 aromatic rings. The number of hydrogen-bond acceptors (Lipinski definition) is 3. The molecular formula is C21H17BrN2O3S. The highest BCUT2D eigenvalue weighted by molar-refractivity contribution is 9.10. The fourth-order valence-electron chi connectivity index (χ4n) is 3.26. The topological polar surface area (TPSA) is 57.7 Å². The van der Waals surface area contributed by atoms with Gasteiger partial charge < -0.3 is 0 Å². The fourth-order valence-corrected chi connectivity index (χ4v) is 5.18. The van der Waals surface area contributed by atoms with Gasteiger partial charge in [-0.05, 0) is 48.4 Å². The van der Waals surface area contributed by atoms with Crippen molar-refractivity contribution in [3.05, 3.63) is 88.4 Å². The van der Waals surface area contributed by atoms with Gasteiger partial charge in [0, 0.05) is 4.47 Å². The molecule has 0 unspecified atom stereocenters. The van der Waals surface area contributed by atoms with Crippen LogP contribution in [0.1, 0.15) is 11.1 Å². The summed E-state index contributed by atoms with van der Waals surface area (Å²) in [6.07, 6.45) is 0. The number of anilines is 2. The molecule has 4 rings (SSSR count). The molecule has 0 spiro atoms. The molecule has 1 aliphatic rings. The van der Waals surface area contributed by atoms with Crippen molar-refractivity contribution in [1.29, 1.82) is 0 Å². The molecule has 0 N–H and O–H groups in total. The molecule has 1 aliphatic heterocycles. The number of benzene rings is 3. The summed E-state index contributed by atoms with van der Waals surface area (Å²) in [5.41, 5.74) is 2.36. The molecule has 3 aromatic carbocycles. The van der Waals surface area contributed by atoms with E-state index in [0.717, 1.165) is 14.3 Å². The van der Waals surface area contributed by atoms with Gasteiger partial charge in [0.25, 0.3) is 10.0 Å². The average Bonchev–Trinajstić information content (AvgIpc) is 2.68. The summed E-state index contributed by atoms with van der Waals surface area (Å²) < 4.78 is 28.4. The number of amides is 2. The standard InChI is InChI=1S/C21H17BrN2O3S/c1-15-6-2-3-7-18(15)24-21(25)23(14-16-10-12-17(22)13-11-16)19-8-4-5-9-20(19)28(24,26)27/h2-13H,14H2,1H3. The van der Waals surface area contributed by atoms with Crippen molar-refractivity contribution in [1.82, 2.24) is 0 Å². The molecule has 5 nitrogen and oxygen atoms in total. The Hall–Kier alpha value is -2.64. The van der Waals surface area contributed by atoms with E-state index < -0.39 is 16.1 Å². The third-order valence-corrected chi connectivity index (χ3v) is 6.93. The molecule has 0 saturated heterocycles. The number of nitrogens with zero attached hydrogens (tertiary/aromatic N) is 2. The van der Waals surface area contributed by atoms with Crippen molar-refractivity contribution in [3.8, 4) is 0 Å². The zero-order valence-electron chi connectivity index (χ0n) is 15.0. The van der Waals surface area contributed by atoms with Crippen LogP contribution in [0.4, 0.5) is 16.2 Å². The quantitative estimate of drug-likeness (QED) is 0.551. The average molecular weight is 457 g/mol. The van der Waals surface area contributed by atoms with Gasteiger partial charge in [0.1, 0.15) is 4.90 Å². The number of urea groups is 1. The highest BCUT2D eigenvalue weighted by Crippen LogP contribution is 2.38. The van der Waals surface area contributed by atoms with E-state index in [4.69, 9.17) is 0 Å². The van der Waals surface area contributed by atoms with Crippen molar-refractivity contribution in [2.24, 2.45) is 0 Å². The molecule has 0 aliphatic carbocycles. The van der Waals surface area contributed by atoms with E-state index in [-0.39, 0.29) is 11.4 Å². The summed E-state index contributed by atoms with van der Waals surface area (Å²) in [4.78, 5) is 15.0. The molecule has 0 atom stereocenters. The molecule has 142 valence electrons. The second kappa shape index (κ2) is 7.07. The van der Waals surface area contributed by atoms with Crippen LogP contribution in [0.2, 0.25) is 0 Å². The lowest BCUT2D eigenvalue weighted by atomic mass is 10.2. The van der Waals surface area contributed by atoms with Crippen molar-refractivity contribution in [2.45, 2.75) is 18.4 Å². The molecule has 0 saturated carbocycles. The number of sulfonamides is 1. The highest BCUT2D eigenvalue weighted by Gasteiger charge is 2.42. The van der Waals surface area contributed by atoms with Gasteiger partial charge in [-0.25, -0.2) is 13.2 Å². The van der Waals surface area contributed by atoms with E-state index in [1.807, 2.05) is 30.3 Å². The van der Waals surface area contributed by atoms with E-state index in [2.05, 4.69) is 15.9 Å². The van der Waals surface area contributed by atoms with Gasteiger partial charge in [-0.2, -0.15) is 4.31 Å². The normalized spacial score (nSPS) is 15.4. The Kier molecular flexibility index (Phi) is 4.72. The van der Waals surface area contributed by atoms with Crippen LogP contribution in [0.15, 0.2) is 82.2 Å². The molecule has 28 heavy (non-hydrogen) atoms. The number of carbonyl (C=O) groups is 1. The van der Waals surface area contributed by atoms with Crippen LogP contribution in [-0.4, -0.2) is 14.4 Å². The van der Waals surface area contributed by atoms with E-state index in [1.54, 1.807) is 43.3 Å². The number of aryl methyl sites for hydroxylation is 1. The lowest BCUT2D eigenvalue weighted by Gasteiger charge is -2.36. The number of rotatable bonds is 3. The predicted octanol–water partition coefficient (Wildman–Crippen LogP) is 5.09. The molecule has 0 bridgehead atoms. The van der Waals surface area contributed by atoms with Gasteiger partial charge in [0.15, 0.2) is 0 Å². The summed E-state index contributed by atoms with van der Waals surface area (Å²) in [5.74, 6) is 0. The maximum atomic E-state index is 13.4. The van der Waals surface area contributed by atoms with Crippen LogP contribution < -0.4 is 9.21 Å². The first-order chi connectivity index (χ1) is 13.4. The van der Waals surface area contributed by atoms with Crippen LogP contribution in [0.3, 0.4) is 0 Å². The van der Waals surface area contributed by atoms with Crippen molar-refractivity contribution < 1.29 is 13.2 Å². The predicted molar refractivity (Wildman–Crippen MR) is 113 cm³/mol. The number of fused-ring (bicyclic) bond motifs is 1. The Bertz CT molecular complexity index is 1160. The lowest BCUT2D eigenvalue weighted by Crippen LogP contribution is -2.51. The largest absolute Gasteiger partial charge is 0.343 e. The summed E-state index contributed by atoms with van der Waals surface area (Å²) in [6.45, 7) is 2.05.